The predicted octanol–water partition coefficient (Wildman–Crippen LogP) is 2.20. The number of carbonyl (C=O) groups excluding carboxylic acids is 2. The largest absolute Gasteiger partial charge is 0.461 e. The Labute approximate surface area is 239 Å². The molecule has 0 amide bonds. The summed E-state index contributed by atoms with van der Waals surface area (Å²) in [5.41, 5.74) is -0.401. The van der Waals surface area contributed by atoms with Crippen LogP contribution in [0.1, 0.15) is 30.8 Å². The number of rotatable bonds is 9. The summed E-state index contributed by atoms with van der Waals surface area (Å²) in [7, 11) is 4.76. The fraction of sp³-hybridized carbons (Fsp3) is 0.700. The molecular weight excluding hydrogens is 534 g/mol. The normalized spacial score (nSPS) is 44.0. The van der Waals surface area contributed by atoms with E-state index in [1.165, 1.54) is 6.20 Å². The topological polar surface area (TPSA) is 136 Å². The number of aliphatic hydroxyl groups is 1. The van der Waals surface area contributed by atoms with Gasteiger partial charge in [-0.15, -0.1) is 0 Å². The molecular formula is C30H39NO10. The van der Waals surface area contributed by atoms with Crippen LogP contribution in [-0.2, 0) is 33.2 Å². The molecule has 0 radical (unpaired) electrons. The van der Waals surface area contributed by atoms with E-state index in [4.69, 9.17) is 32.8 Å². The van der Waals surface area contributed by atoms with Gasteiger partial charge in [0.05, 0.1) is 31.4 Å². The number of ether oxygens (including phenoxy) is 6. The average molecular weight is 574 g/mol. The second kappa shape index (κ2) is 10.6. The number of hydrogen-bond acceptors (Lipinski definition) is 11. The molecule has 3 heterocycles. The molecule has 2 saturated carbocycles. The van der Waals surface area contributed by atoms with E-state index in [2.05, 4.69) is 24.1 Å². The van der Waals surface area contributed by atoms with E-state index in [0.29, 0.717) is 13.0 Å². The molecule has 5 aliphatic rings. The summed E-state index contributed by atoms with van der Waals surface area (Å²) in [4.78, 5) is 30.5. The van der Waals surface area contributed by atoms with Crippen LogP contribution in [0.3, 0.4) is 0 Å². The fourth-order valence-electron chi connectivity index (χ4n) is 8.83. The Morgan fingerprint density at radius 3 is 2.61 bits per heavy atom. The molecule has 2 aliphatic heterocycles. The van der Waals surface area contributed by atoms with Crippen molar-refractivity contribution in [2.24, 2.45) is 40.9 Å². The summed E-state index contributed by atoms with van der Waals surface area (Å²) in [6, 6.07) is 0. The maximum atomic E-state index is 13.8. The molecule has 0 bridgehead atoms. The molecule has 12 unspecified atom stereocenters. The molecule has 11 nitrogen and oxygen atoms in total. The number of methoxy groups -OCH3 is 3. The second-order valence-electron chi connectivity index (χ2n) is 12.1. The minimum absolute atomic E-state index is 0.0225. The maximum Gasteiger partial charge on any atom is 0.376 e. The van der Waals surface area contributed by atoms with Crippen molar-refractivity contribution in [1.82, 2.24) is 4.98 Å². The lowest BCUT2D eigenvalue weighted by Gasteiger charge is -2.80. The Morgan fingerprint density at radius 1 is 1.15 bits per heavy atom. The van der Waals surface area contributed by atoms with Crippen LogP contribution in [0.5, 0.6) is 0 Å². The summed E-state index contributed by atoms with van der Waals surface area (Å²) < 4.78 is 40.4. The number of nitrogens with zero attached hydrogens (tertiary/aromatic N) is 1. The van der Waals surface area contributed by atoms with E-state index in [9.17, 15) is 14.7 Å². The van der Waals surface area contributed by atoms with Gasteiger partial charge in [-0.2, -0.15) is 0 Å². The van der Waals surface area contributed by atoms with E-state index in [0.717, 1.165) is 12.0 Å². The van der Waals surface area contributed by atoms with Gasteiger partial charge in [-0.25, -0.2) is 9.78 Å². The third-order valence-corrected chi connectivity index (χ3v) is 10.3. The zero-order chi connectivity index (χ0) is 29.1. The van der Waals surface area contributed by atoms with E-state index < -0.39 is 47.1 Å². The minimum Gasteiger partial charge on any atom is -0.461 e. The lowest BCUT2D eigenvalue weighted by atomic mass is 9.32. The first-order valence-electron chi connectivity index (χ1n) is 14.3. The monoisotopic (exact) mass is 573 g/mol. The molecule has 1 saturated heterocycles. The molecule has 6 rings (SSSR count). The molecule has 11 heteroatoms. The molecule has 224 valence electrons. The number of cyclic esters (lactones) is 1. The van der Waals surface area contributed by atoms with Gasteiger partial charge in [0.15, 0.2) is 6.39 Å². The number of carbonyl (C=O) groups is 2. The van der Waals surface area contributed by atoms with Gasteiger partial charge in [0.2, 0.25) is 5.76 Å². The van der Waals surface area contributed by atoms with Crippen LogP contribution < -0.4 is 0 Å². The van der Waals surface area contributed by atoms with Gasteiger partial charge in [-0.05, 0) is 6.92 Å². The third-order valence-electron chi connectivity index (χ3n) is 10.3. The molecule has 2 spiro atoms. The smallest absolute Gasteiger partial charge is 0.376 e. The first-order chi connectivity index (χ1) is 19.8. The van der Waals surface area contributed by atoms with Gasteiger partial charge in [-0.1, -0.05) is 30.7 Å². The number of aliphatic hydroxyl groups excluding tert-OH is 1. The zero-order valence-electron chi connectivity index (χ0n) is 24.1. The summed E-state index contributed by atoms with van der Waals surface area (Å²) in [5.74, 6) is -3.00. The van der Waals surface area contributed by atoms with Crippen LogP contribution in [0.15, 0.2) is 40.8 Å². The van der Waals surface area contributed by atoms with Gasteiger partial charge in [0.25, 0.3) is 0 Å². The van der Waals surface area contributed by atoms with Crippen LogP contribution in [-0.4, -0.2) is 93.2 Å². The molecule has 1 aromatic rings. The second-order valence-corrected chi connectivity index (χ2v) is 12.1. The molecule has 1 aromatic heterocycles. The van der Waals surface area contributed by atoms with Crippen molar-refractivity contribution in [2.75, 3.05) is 41.2 Å². The van der Waals surface area contributed by atoms with Crippen LogP contribution in [0.2, 0.25) is 0 Å². The maximum absolute atomic E-state index is 13.8. The van der Waals surface area contributed by atoms with Gasteiger partial charge in [0, 0.05) is 69.4 Å². The number of hydrogen-bond donors (Lipinski definition) is 1. The Kier molecular flexibility index (Phi) is 7.39. The average Bonchev–Trinajstić information content (AvgIpc) is 3.59. The standard InChI is InChI=1S/C30H39NO10/c1-15-10-16(2)30-19(17(12-36-4)27(33)39-20(15)7-9-35-3)6-8-29(30)23-22(30)24(32)18(13-37-5)25(26(23)41-29)40-28(34)21-11-31-14-38-21/h6,8,10-11,14-15,17-20,22-26,32H,7,9,12-13H2,1-5H3. The van der Waals surface area contributed by atoms with Crippen molar-refractivity contribution in [3.05, 3.63) is 42.2 Å². The fourth-order valence-corrected chi connectivity index (χ4v) is 8.83. The van der Waals surface area contributed by atoms with Crippen molar-refractivity contribution in [2.45, 2.75) is 50.3 Å². The van der Waals surface area contributed by atoms with Crippen LogP contribution >= 0.6 is 0 Å². The van der Waals surface area contributed by atoms with Crippen LogP contribution in [0, 0.1) is 40.9 Å². The Balaban J connectivity index is 1.41. The highest BCUT2D eigenvalue weighted by Gasteiger charge is 2.88. The molecule has 12 atom stereocenters. The van der Waals surface area contributed by atoms with Gasteiger partial charge in [0.1, 0.15) is 23.9 Å². The highest BCUT2D eigenvalue weighted by molar-refractivity contribution is 5.86. The van der Waals surface area contributed by atoms with Gasteiger partial charge >= 0.3 is 11.9 Å². The van der Waals surface area contributed by atoms with Crippen molar-refractivity contribution in [1.29, 1.82) is 0 Å². The third kappa shape index (κ3) is 3.85. The number of esters is 2. The van der Waals surface area contributed by atoms with Crippen LogP contribution in [0.4, 0.5) is 0 Å². The van der Waals surface area contributed by atoms with Crippen LogP contribution in [0.25, 0.3) is 0 Å². The molecule has 0 aromatic carbocycles. The first-order valence-corrected chi connectivity index (χ1v) is 14.3. The van der Waals surface area contributed by atoms with E-state index in [1.54, 1.807) is 21.3 Å². The zero-order valence-corrected chi connectivity index (χ0v) is 24.1. The first kappa shape index (κ1) is 28.5. The van der Waals surface area contributed by atoms with Gasteiger partial charge < -0.3 is 37.9 Å². The highest BCUT2D eigenvalue weighted by Crippen LogP contribution is 2.81. The van der Waals surface area contributed by atoms with Crippen molar-refractivity contribution in [3.8, 4) is 0 Å². The molecule has 3 fully saturated rings. The summed E-state index contributed by atoms with van der Waals surface area (Å²) >= 11 is 0. The van der Waals surface area contributed by atoms with E-state index in [-0.39, 0.29) is 54.7 Å². The minimum atomic E-state index is -0.897. The lowest BCUT2D eigenvalue weighted by molar-refractivity contribution is -0.440. The Bertz CT molecular complexity index is 1210. The Morgan fingerprint density at radius 2 is 1.93 bits per heavy atom. The molecule has 41 heavy (non-hydrogen) atoms. The lowest BCUT2D eigenvalue weighted by Crippen LogP contribution is -2.89. The SMILES string of the molecule is COCCC1OC(=O)C(COC)C2C=CC34OC5C(OC(=O)c6cnco6)C(COC)C(O)C(C53)C24C(C)=CC1C. The number of oxazole rings is 1. The van der Waals surface area contributed by atoms with Crippen molar-refractivity contribution >= 4 is 11.9 Å². The highest BCUT2D eigenvalue weighted by atomic mass is 16.6. The molecule has 1 N–H and O–H groups in total. The Hall–Kier alpha value is -2.57. The number of aromatic nitrogens is 1. The summed E-state index contributed by atoms with van der Waals surface area (Å²) in [6.07, 6.45) is 6.82. The quantitative estimate of drug-likeness (QED) is 0.344. The van der Waals surface area contributed by atoms with Crippen molar-refractivity contribution < 1.29 is 47.5 Å². The summed E-state index contributed by atoms with van der Waals surface area (Å²) in [5, 5.41) is 12.1. The van der Waals surface area contributed by atoms with E-state index >= 15 is 0 Å². The van der Waals surface area contributed by atoms with Gasteiger partial charge in [-0.3, -0.25) is 4.79 Å². The predicted molar refractivity (Wildman–Crippen MR) is 141 cm³/mol. The van der Waals surface area contributed by atoms with E-state index in [1.807, 2.05) is 13.0 Å². The summed E-state index contributed by atoms with van der Waals surface area (Å²) in [6.45, 7) is 4.90. The van der Waals surface area contributed by atoms with Crippen molar-refractivity contribution in [3.63, 3.8) is 0 Å². The number of allylic oxidation sites excluding steroid dienone is 1. The molecule has 3 aliphatic carbocycles.